The van der Waals surface area contributed by atoms with E-state index in [4.69, 9.17) is 0 Å². The lowest BCUT2D eigenvalue weighted by Gasteiger charge is -2.31. The Morgan fingerprint density at radius 3 is 2.88 bits per heavy atom. The average molecular weight is 233 g/mol. The van der Waals surface area contributed by atoms with E-state index in [2.05, 4.69) is 37.4 Å². The van der Waals surface area contributed by atoms with Crippen LogP contribution < -0.4 is 5.32 Å². The highest BCUT2D eigenvalue weighted by atomic mass is 16.3. The van der Waals surface area contributed by atoms with Gasteiger partial charge in [0.1, 0.15) is 0 Å². The Bertz CT molecular complexity index is 369. The molecule has 1 fully saturated rings. The van der Waals surface area contributed by atoms with E-state index in [1.807, 2.05) is 0 Å². The molecular formula is C15H23NO. The molecule has 1 saturated heterocycles. The molecule has 1 heterocycles. The molecule has 0 aliphatic carbocycles. The van der Waals surface area contributed by atoms with Gasteiger partial charge in [0.25, 0.3) is 0 Å². The van der Waals surface area contributed by atoms with Gasteiger partial charge in [-0.1, -0.05) is 23.8 Å². The lowest BCUT2D eigenvalue weighted by molar-refractivity contribution is 0.203. The van der Waals surface area contributed by atoms with E-state index in [1.54, 1.807) is 0 Å². The number of nitrogens with one attached hydrogen (secondary N) is 1. The summed E-state index contributed by atoms with van der Waals surface area (Å²) in [7, 11) is 0. The van der Waals surface area contributed by atoms with Crippen molar-refractivity contribution in [1.82, 2.24) is 5.32 Å². The maximum absolute atomic E-state index is 9.72. The summed E-state index contributed by atoms with van der Waals surface area (Å²) in [5.41, 5.74) is 3.93. The van der Waals surface area contributed by atoms with Crippen molar-refractivity contribution >= 4 is 0 Å². The average Bonchev–Trinajstić information content (AvgIpc) is 2.36. The minimum absolute atomic E-state index is 0.261. The van der Waals surface area contributed by atoms with E-state index in [1.165, 1.54) is 29.5 Å². The van der Waals surface area contributed by atoms with Crippen LogP contribution in [0.25, 0.3) is 0 Å². The summed E-state index contributed by atoms with van der Waals surface area (Å²) in [4.78, 5) is 0. The van der Waals surface area contributed by atoms with Crippen molar-refractivity contribution in [2.75, 3.05) is 19.7 Å². The van der Waals surface area contributed by atoms with Crippen LogP contribution in [0.15, 0.2) is 18.2 Å². The maximum Gasteiger partial charge on any atom is 0.0502 e. The second-order valence-electron chi connectivity index (χ2n) is 5.26. The molecule has 17 heavy (non-hydrogen) atoms. The molecule has 2 rings (SSSR count). The van der Waals surface area contributed by atoms with Crippen LogP contribution in [0.3, 0.4) is 0 Å². The quantitative estimate of drug-likeness (QED) is 0.840. The molecule has 0 radical (unpaired) electrons. The fraction of sp³-hybridized carbons (Fsp3) is 0.600. The molecule has 94 valence electrons. The summed E-state index contributed by atoms with van der Waals surface area (Å²) in [6.45, 7) is 6.70. The Morgan fingerprint density at radius 2 is 2.24 bits per heavy atom. The number of aliphatic hydroxyl groups is 1. The van der Waals surface area contributed by atoms with E-state index in [9.17, 15) is 5.11 Å². The first-order valence-corrected chi connectivity index (χ1v) is 6.61. The molecule has 1 aromatic rings. The number of hydrogen-bond acceptors (Lipinski definition) is 2. The standard InChI is InChI=1S/C15H23NO/c1-11-5-6-12(2)14(8-11)15(10-17)13-4-3-7-16-9-13/h5-6,8,13,15-17H,3-4,7,9-10H2,1-2H3. The first-order chi connectivity index (χ1) is 8.22. The van der Waals surface area contributed by atoms with Crippen LogP contribution >= 0.6 is 0 Å². The molecule has 0 bridgehead atoms. The third-order valence-corrected chi connectivity index (χ3v) is 3.93. The molecule has 1 aliphatic heterocycles. The molecule has 1 aromatic carbocycles. The second-order valence-corrected chi connectivity index (χ2v) is 5.26. The van der Waals surface area contributed by atoms with Crippen LogP contribution in [-0.2, 0) is 0 Å². The Labute approximate surface area is 104 Å². The van der Waals surface area contributed by atoms with E-state index in [-0.39, 0.29) is 6.61 Å². The Morgan fingerprint density at radius 1 is 1.41 bits per heavy atom. The van der Waals surface area contributed by atoms with Gasteiger partial charge in [-0.2, -0.15) is 0 Å². The summed E-state index contributed by atoms with van der Waals surface area (Å²) in [5, 5.41) is 13.2. The van der Waals surface area contributed by atoms with Gasteiger partial charge < -0.3 is 10.4 Å². The van der Waals surface area contributed by atoms with Crippen molar-refractivity contribution in [1.29, 1.82) is 0 Å². The zero-order valence-corrected chi connectivity index (χ0v) is 10.9. The molecule has 2 heteroatoms. The summed E-state index contributed by atoms with van der Waals surface area (Å²) in [5.74, 6) is 0.872. The molecule has 0 spiro atoms. The van der Waals surface area contributed by atoms with Gasteiger partial charge >= 0.3 is 0 Å². The van der Waals surface area contributed by atoms with Crippen molar-refractivity contribution < 1.29 is 5.11 Å². The predicted molar refractivity (Wildman–Crippen MR) is 71.3 cm³/mol. The molecule has 2 unspecified atom stereocenters. The Balaban J connectivity index is 2.24. The van der Waals surface area contributed by atoms with Gasteiger partial charge in [0.2, 0.25) is 0 Å². The molecule has 0 amide bonds. The van der Waals surface area contributed by atoms with Gasteiger partial charge in [-0.3, -0.25) is 0 Å². The lowest BCUT2D eigenvalue weighted by atomic mass is 9.80. The summed E-state index contributed by atoms with van der Waals surface area (Å²) in [6, 6.07) is 6.56. The predicted octanol–water partition coefficient (Wildman–Crippen LogP) is 2.38. The van der Waals surface area contributed by atoms with Gasteiger partial charge in [-0.25, -0.2) is 0 Å². The third-order valence-electron chi connectivity index (χ3n) is 3.93. The largest absolute Gasteiger partial charge is 0.396 e. The topological polar surface area (TPSA) is 32.3 Å². The number of rotatable bonds is 3. The molecule has 0 saturated carbocycles. The monoisotopic (exact) mass is 233 g/mol. The van der Waals surface area contributed by atoms with E-state index in [0.29, 0.717) is 11.8 Å². The summed E-state index contributed by atoms with van der Waals surface area (Å²) >= 11 is 0. The number of piperidine rings is 1. The third kappa shape index (κ3) is 2.88. The fourth-order valence-corrected chi connectivity index (χ4v) is 2.88. The van der Waals surface area contributed by atoms with Gasteiger partial charge in [0, 0.05) is 5.92 Å². The van der Waals surface area contributed by atoms with Crippen molar-refractivity contribution in [3.63, 3.8) is 0 Å². The highest BCUT2D eigenvalue weighted by Gasteiger charge is 2.25. The molecule has 2 atom stereocenters. The van der Waals surface area contributed by atoms with Gasteiger partial charge in [0.15, 0.2) is 0 Å². The lowest BCUT2D eigenvalue weighted by Crippen LogP contribution is -2.34. The summed E-state index contributed by atoms with van der Waals surface area (Å²) in [6.07, 6.45) is 2.46. The zero-order chi connectivity index (χ0) is 12.3. The zero-order valence-electron chi connectivity index (χ0n) is 10.9. The second kappa shape index (κ2) is 5.65. The van der Waals surface area contributed by atoms with Crippen LogP contribution in [0.5, 0.6) is 0 Å². The van der Waals surface area contributed by atoms with E-state index >= 15 is 0 Å². The van der Waals surface area contributed by atoms with Gasteiger partial charge in [-0.05, 0) is 56.8 Å². The maximum atomic E-state index is 9.72. The SMILES string of the molecule is Cc1ccc(C)c(C(CO)C2CCCNC2)c1. The number of hydrogen-bond donors (Lipinski definition) is 2. The Kier molecular flexibility index (Phi) is 4.19. The first kappa shape index (κ1) is 12.6. The van der Waals surface area contributed by atoms with Gasteiger partial charge in [0.05, 0.1) is 6.61 Å². The fourth-order valence-electron chi connectivity index (χ4n) is 2.88. The van der Waals surface area contributed by atoms with Crippen LogP contribution in [0, 0.1) is 19.8 Å². The van der Waals surface area contributed by atoms with Crippen molar-refractivity contribution in [3.05, 3.63) is 34.9 Å². The molecule has 2 N–H and O–H groups in total. The number of aryl methyl sites for hydroxylation is 2. The molecular weight excluding hydrogens is 210 g/mol. The van der Waals surface area contributed by atoms with Gasteiger partial charge in [-0.15, -0.1) is 0 Å². The normalized spacial score (nSPS) is 22.4. The van der Waals surface area contributed by atoms with Crippen molar-refractivity contribution in [3.8, 4) is 0 Å². The molecule has 0 aromatic heterocycles. The van der Waals surface area contributed by atoms with Crippen LogP contribution in [0.4, 0.5) is 0 Å². The highest BCUT2D eigenvalue weighted by Crippen LogP contribution is 2.31. The number of aliphatic hydroxyl groups excluding tert-OH is 1. The smallest absolute Gasteiger partial charge is 0.0502 e. The number of benzene rings is 1. The van der Waals surface area contributed by atoms with Crippen molar-refractivity contribution in [2.24, 2.45) is 5.92 Å². The minimum atomic E-state index is 0.261. The van der Waals surface area contributed by atoms with E-state index in [0.717, 1.165) is 13.1 Å². The molecule has 2 nitrogen and oxygen atoms in total. The van der Waals surface area contributed by atoms with Crippen LogP contribution in [0.2, 0.25) is 0 Å². The van der Waals surface area contributed by atoms with Crippen LogP contribution in [-0.4, -0.2) is 24.8 Å². The van der Waals surface area contributed by atoms with Crippen molar-refractivity contribution in [2.45, 2.75) is 32.6 Å². The first-order valence-electron chi connectivity index (χ1n) is 6.61. The Hall–Kier alpha value is -0.860. The minimum Gasteiger partial charge on any atom is -0.396 e. The van der Waals surface area contributed by atoms with Crippen LogP contribution in [0.1, 0.15) is 35.4 Å². The highest BCUT2D eigenvalue weighted by molar-refractivity contribution is 5.34. The van der Waals surface area contributed by atoms with E-state index < -0.39 is 0 Å². The molecule has 1 aliphatic rings. The summed E-state index contributed by atoms with van der Waals surface area (Å²) < 4.78 is 0.